The SMILES string of the molecule is C=CC(=O)NCCCC#N. The fourth-order valence-electron chi connectivity index (χ4n) is 0.451. The molecule has 0 aromatic rings. The Morgan fingerprint density at radius 3 is 3.00 bits per heavy atom. The van der Waals surface area contributed by atoms with E-state index in [1.54, 1.807) is 0 Å². The normalized spacial score (nSPS) is 7.90. The van der Waals surface area contributed by atoms with E-state index < -0.39 is 0 Å². The first-order valence-corrected chi connectivity index (χ1v) is 3.08. The van der Waals surface area contributed by atoms with Crippen molar-refractivity contribution in [3.8, 4) is 6.07 Å². The first kappa shape index (κ1) is 8.70. The van der Waals surface area contributed by atoms with Crippen LogP contribution in [-0.4, -0.2) is 12.5 Å². The Labute approximate surface area is 60.3 Å². The lowest BCUT2D eigenvalue weighted by molar-refractivity contribution is -0.116. The van der Waals surface area contributed by atoms with Gasteiger partial charge < -0.3 is 5.32 Å². The predicted octanol–water partition coefficient (Wildman–Crippen LogP) is 0.592. The van der Waals surface area contributed by atoms with E-state index >= 15 is 0 Å². The molecule has 0 aliphatic rings. The Balaban J connectivity index is 3.13. The standard InChI is InChI=1S/C7H10N2O/c1-2-7(10)9-6-4-3-5-8/h2H,1,3-4,6H2,(H,9,10). The Morgan fingerprint density at radius 2 is 2.50 bits per heavy atom. The zero-order valence-corrected chi connectivity index (χ0v) is 5.76. The zero-order chi connectivity index (χ0) is 7.82. The quantitative estimate of drug-likeness (QED) is 0.456. The van der Waals surface area contributed by atoms with Crippen molar-refractivity contribution in [2.75, 3.05) is 6.54 Å². The maximum absolute atomic E-state index is 10.5. The van der Waals surface area contributed by atoms with Gasteiger partial charge in [0.15, 0.2) is 0 Å². The van der Waals surface area contributed by atoms with Crippen molar-refractivity contribution in [3.63, 3.8) is 0 Å². The summed E-state index contributed by atoms with van der Waals surface area (Å²) in [4.78, 5) is 10.5. The van der Waals surface area contributed by atoms with Crippen LogP contribution in [0.15, 0.2) is 12.7 Å². The van der Waals surface area contributed by atoms with Gasteiger partial charge >= 0.3 is 0 Å². The minimum Gasteiger partial charge on any atom is -0.353 e. The minimum absolute atomic E-state index is 0.182. The summed E-state index contributed by atoms with van der Waals surface area (Å²) in [7, 11) is 0. The molecule has 0 radical (unpaired) electrons. The molecule has 3 heteroatoms. The van der Waals surface area contributed by atoms with Gasteiger partial charge in [-0.2, -0.15) is 5.26 Å². The summed E-state index contributed by atoms with van der Waals surface area (Å²) in [6.45, 7) is 3.84. The number of nitrogens with zero attached hydrogens (tertiary/aromatic N) is 1. The molecule has 54 valence electrons. The highest BCUT2D eigenvalue weighted by Crippen LogP contribution is 1.82. The van der Waals surface area contributed by atoms with Gasteiger partial charge in [-0.05, 0) is 12.5 Å². The molecular weight excluding hydrogens is 128 g/mol. The van der Waals surface area contributed by atoms with Crippen LogP contribution in [0.2, 0.25) is 0 Å². The number of carbonyl (C=O) groups excluding carboxylic acids is 1. The summed E-state index contributed by atoms with van der Waals surface area (Å²) in [5.41, 5.74) is 0. The highest BCUT2D eigenvalue weighted by atomic mass is 16.1. The van der Waals surface area contributed by atoms with Crippen molar-refractivity contribution >= 4 is 5.91 Å². The summed E-state index contributed by atoms with van der Waals surface area (Å²) in [6, 6.07) is 1.98. The molecule has 1 amide bonds. The second kappa shape index (κ2) is 5.83. The van der Waals surface area contributed by atoms with Gasteiger partial charge in [-0.3, -0.25) is 4.79 Å². The topological polar surface area (TPSA) is 52.9 Å². The molecule has 0 bridgehead atoms. The molecule has 0 heterocycles. The Kier molecular flexibility index (Phi) is 5.07. The largest absolute Gasteiger partial charge is 0.353 e. The fourth-order valence-corrected chi connectivity index (χ4v) is 0.451. The van der Waals surface area contributed by atoms with Gasteiger partial charge in [-0.25, -0.2) is 0 Å². The van der Waals surface area contributed by atoms with Gasteiger partial charge in [0.05, 0.1) is 6.07 Å². The third-order valence-electron chi connectivity index (χ3n) is 0.950. The number of unbranched alkanes of at least 4 members (excludes halogenated alkanes) is 1. The molecule has 0 aromatic heterocycles. The zero-order valence-electron chi connectivity index (χ0n) is 5.76. The van der Waals surface area contributed by atoms with Crippen LogP contribution in [0.4, 0.5) is 0 Å². The Bertz CT molecular complexity index is 157. The number of nitriles is 1. The number of hydrogen-bond acceptors (Lipinski definition) is 2. The molecule has 0 saturated heterocycles. The smallest absolute Gasteiger partial charge is 0.243 e. The van der Waals surface area contributed by atoms with E-state index in [0.717, 1.165) is 0 Å². The van der Waals surface area contributed by atoms with Crippen LogP contribution in [0.3, 0.4) is 0 Å². The molecule has 0 rings (SSSR count). The molecule has 0 saturated carbocycles. The predicted molar refractivity (Wildman–Crippen MR) is 38.1 cm³/mol. The summed E-state index contributed by atoms with van der Waals surface area (Å²) in [6.07, 6.45) is 2.40. The van der Waals surface area contributed by atoms with E-state index in [1.165, 1.54) is 6.08 Å². The van der Waals surface area contributed by atoms with Gasteiger partial charge in [0, 0.05) is 13.0 Å². The average Bonchev–Trinajstić information content (AvgIpc) is 1.98. The van der Waals surface area contributed by atoms with Crippen molar-refractivity contribution in [2.45, 2.75) is 12.8 Å². The molecule has 0 spiro atoms. The van der Waals surface area contributed by atoms with Crippen LogP contribution in [0.25, 0.3) is 0 Å². The molecule has 0 aliphatic carbocycles. The van der Waals surface area contributed by atoms with E-state index in [1.807, 2.05) is 6.07 Å². The van der Waals surface area contributed by atoms with Crippen molar-refractivity contribution < 1.29 is 4.79 Å². The first-order chi connectivity index (χ1) is 4.81. The fraction of sp³-hybridized carbons (Fsp3) is 0.429. The van der Waals surface area contributed by atoms with Crippen LogP contribution >= 0.6 is 0 Å². The number of carbonyl (C=O) groups is 1. The van der Waals surface area contributed by atoms with Crippen LogP contribution in [0.5, 0.6) is 0 Å². The van der Waals surface area contributed by atoms with Gasteiger partial charge in [0.25, 0.3) is 0 Å². The summed E-state index contributed by atoms with van der Waals surface area (Å²) >= 11 is 0. The summed E-state index contributed by atoms with van der Waals surface area (Å²) in [5, 5.41) is 10.7. The maximum Gasteiger partial charge on any atom is 0.243 e. The summed E-state index contributed by atoms with van der Waals surface area (Å²) < 4.78 is 0. The molecule has 0 fully saturated rings. The lowest BCUT2D eigenvalue weighted by atomic mass is 10.3. The number of hydrogen-bond donors (Lipinski definition) is 1. The van der Waals surface area contributed by atoms with E-state index in [9.17, 15) is 4.79 Å². The molecule has 0 aliphatic heterocycles. The first-order valence-electron chi connectivity index (χ1n) is 3.08. The van der Waals surface area contributed by atoms with Gasteiger partial charge in [-0.15, -0.1) is 0 Å². The monoisotopic (exact) mass is 138 g/mol. The number of amides is 1. The molecule has 1 N–H and O–H groups in total. The number of nitrogens with one attached hydrogen (secondary N) is 1. The molecule has 0 unspecified atom stereocenters. The lowest BCUT2D eigenvalue weighted by Gasteiger charge is -1.96. The molecular formula is C7H10N2O. The van der Waals surface area contributed by atoms with Crippen molar-refractivity contribution in [3.05, 3.63) is 12.7 Å². The second-order valence-electron chi connectivity index (χ2n) is 1.76. The number of rotatable bonds is 4. The van der Waals surface area contributed by atoms with Crippen LogP contribution in [0.1, 0.15) is 12.8 Å². The Morgan fingerprint density at radius 1 is 1.80 bits per heavy atom. The van der Waals surface area contributed by atoms with E-state index in [0.29, 0.717) is 19.4 Å². The molecule has 10 heavy (non-hydrogen) atoms. The third kappa shape index (κ3) is 4.85. The van der Waals surface area contributed by atoms with Crippen LogP contribution < -0.4 is 5.32 Å². The maximum atomic E-state index is 10.5. The minimum atomic E-state index is -0.182. The van der Waals surface area contributed by atoms with E-state index in [2.05, 4.69) is 11.9 Å². The highest BCUT2D eigenvalue weighted by Gasteiger charge is 1.90. The van der Waals surface area contributed by atoms with E-state index in [4.69, 9.17) is 5.26 Å². The summed E-state index contributed by atoms with van der Waals surface area (Å²) in [5.74, 6) is -0.182. The van der Waals surface area contributed by atoms with Gasteiger partial charge in [0.2, 0.25) is 5.91 Å². The van der Waals surface area contributed by atoms with Crippen molar-refractivity contribution in [1.82, 2.24) is 5.32 Å². The lowest BCUT2D eigenvalue weighted by Crippen LogP contribution is -2.21. The van der Waals surface area contributed by atoms with E-state index in [-0.39, 0.29) is 5.91 Å². The van der Waals surface area contributed by atoms with Crippen molar-refractivity contribution in [1.29, 1.82) is 5.26 Å². The molecule has 0 aromatic carbocycles. The Hall–Kier alpha value is -1.30. The molecule has 3 nitrogen and oxygen atoms in total. The van der Waals surface area contributed by atoms with Crippen LogP contribution in [0, 0.1) is 11.3 Å². The van der Waals surface area contributed by atoms with Crippen molar-refractivity contribution in [2.24, 2.45) is 0 Å². The highest BCUT2D eigenvalue weighted by molar-refractivity contribution is 5.86. The molecule has 0 atom stereocenters. The second-order valence-corrected chi connectivity index (χ2v) is 1.76. The van der Waals surface area contributed by atoms with Gasteiger partial charge in [-0.1, -0.05) is 6.58 Å². The average molecular weight is 138 g/mol. The third-order valence-corrected chi connectivity index (χ3v) is 0.950. The van der Waals surface area contributed by atoms with Crippen LogP contribution in [-0.2, 0) is 4.79 Å². The van der Waals surface area contributed by atoms with Gasteiger partial charge in [0.1, 0.15) is 0 Å².